The lowest BCUT2D eigenvalue weighted by Gasteiger charge is -2.28. The summed E-state index contributed by atoms with van der Waals surface area (Å²) >= 11 is 0. The maximum atomic E-state index is 11.3. The van der Waals surface area contributed by atoms with Gasteiger partial charge in [0.05, 0.1) is 5.75 Å². The van der Waals surface area contributed by atoms with E-state index in [1.54, 1.807) is 6.92 Å². The summed E-state index contributed by atoms with van der Waals surface area (Å²) in [5.74, 6) is 0.435. The van der Waals surface area contributed by atoms with Crippen LogP contribution in [0.5, 0.6) is 0 Å². The van der Waals surface area contributed by atoms with Crippen molar-refractivity contribution in [3.05, 3.63) is 0 Å². The van der Waals surface area contributed by atoms with E-state index >= 15 is 0 Å². The van der Waals surface area contributed by atoms with Gasteiger partial charge in [-0.1, -0.05) is 27.7 Å². The third-order valence-corrected chi connectivity index (χ3v) is 4.40. The Morgan fingerprint density at radius 3 is 2.07 bits per heavy atom. The third kappa shape index (κ3) is 4.96. The molecule has 4 heteroatoms. The second-order valence-corrected chi connectivity index (χ2v) is 7.24. The Labute approximate surface area is 87.4 Å². The molecule has 0 aliphatic carbocycles. The summed E-state index contributed by atoms with van der Waals surface area (Å²) in [7, 11) is -2.90. The second kappa shape index (κ2) is 5.12. The molecule has 86 valence electrons. The molecule has 14 heavy (non-hydrogen) atoms. The van der Waals surface area contributed by atoms with E-state index < -0.39 is 9.84 Å². The van der Waals surface area contributed by atoms with E-state index in [1.165, 1.54) is 0 Å². The van der Waals surface area contributed by atoms with Crippen molar-refractivity contribution in [2.24, 2.45) is 11.3 Å². The molecule has 0 fully saturated rings. The van der Waals surface area contributed by atoms with E-state index in [2.05, 4.69) is 0 Å². The fourth-order valence-corrected chi connectivity index (χ4v) is 2.20. The number of hydrogen-bond acceptors (Lipinski definition) is 3. The van der Waals surface area contributed by atoms with E-state index in [9.17, 15) is 8.42 Å². The molecule has 0 aromatic heterocycles. The van der Waals surface area contributed by atoms with Gasteiger partial charge in [-0.2, -0.15) is 0 Å². The van der Waals surface area contributed by atoms with E-state index in [-0.39, 0.29) is 29.4 Å². The Hall–Kier alpha value is -0.0900. The summed E-state index contributed by atoms with van der Waals surface area (Å²) < 4.78 is 22.5. The fourth-order valence-electron chi connectivity index (χ4n) is 1.26. The highest BCUT2D eigenvalue weighted by Gasteiger charge is 2.25. The van der Waals surface area contributed by atoms with Gasteiger partial charge in [0.1, 0.15) is 9.84 Å². The van der Waals surface area contributed by atoms with Crippen molar-refractivity contribution in [2.45, 2.75) is 34.1 Å². The monoisotopic (exact) mass is 222 g/mol. The average molecular weight is 222 g/mol. The molecule has 3 nitrogen and oxygen atoms in total. The van der Waals surface area contributed by atoms with Crippen LogP contribution in [0.3, 0.4) is 0 Å². The van der Waals surface area contributed by atoms with Gasteiger partial charge in [-0.25, -0.2) is 8.42 Å². The van der Waals surface area contributed by atoms with Crippen LogP contribution >= 0.6 is 0 Å². The van der Waals surface area contributed by atoms with E-state index in [1.807, 2.05) is 20.8 Å². The molecule has 0 aromatic rings. The molecule has 0 aliphatic heterocycles. The summed E-state index contributed by atoms with van der Waals surface area (Å²) in [5, 5.41) is 9.14. The Balaban J connectivity index is 4.24. The van der Waals surface area contributed by atoms with Gasteiger partial charge >= 0.3 is 0 Å². The lowest BCUT2D eigenvalue weighted by molar-refractivity contribution is 0.128. The summed E-state index contributed by atoms with van der Waals surface area (Å²) in [6, 6.07) is 0. The molecule has 0 aliphatic rings. The fraction of sp³-hybridized carbons (Fsp3) is 1.00. The van der Waals surface area contributed by atoms with Crippen molar-refractivity contribution in [2.75, 3.05) is 18.1 Å². The lowest BCUT2D eigenvalue weighted by atomic mass is 9.80. The summed E-state index contributed by atoms with van der Waals surface area (Å²) in [4.78, 5) is 0. The Morgan fingerprint density at radius 1 is 1.29 bits per heavy atom. The molecular weight excluding hydrogens is 200 g/mol. The number of rotatable bonds is 5. The maximum absolute atomic E-state index is 11.3. The van der Waals surface area contributed by atoms with Crippen LogP contribution in [0.4, 0.5) is 0 Å². The minimum Gasteiger partial charge on any atom is -0.396 e. The van der Waals surface area contributed by atoms with Crippen LogP contribution in [0.15, 0.2) is 0 Å². The van der Waals surface area contributed by atoms with Crippen LogP contribution in [0.25, 0.3) is 0 Å². The van der Waals surface area contributed by atoms with Gasteiger partial charge in [-0.15, -0.1) is 0 Å². The molecule has 0 radical (unpaired) electrons. The van der Waals surface area contributed by atoms with Gasteiger partial charge < -0.3 is 5.11 Å². The molecule has 0 saturated carbocycles. The van der Waals surface area contributed by atoms with Gasteiger partial charge in [-0.05, 0) is 17.8 Å². The van der Waals surface area contributed by atoms with Crippen LogP contribution < -0.4 is 0 Å². The molecule has 0 rings (SSSR count). The molecule has 1 unspecified atom stereocenters. The van der Waals surface area contributed by atoms with Gasteiger partial charge in [0, 0.05) is 12.4 Å². The number of hydrogen-bond donors (Lipinski definition) is 1. The molecule has 0 aromatic carbocycles. The zero-order valence-electron chi connectivity index (χ0n) is 9.58. The molecule has 0 spiro atoms. The Morgan fingerprint density at radius 2 is 1.79 bits per heavy atom. The van der Waals surface area contributed by atoms with E-state index in [0.717, 1.165) is 0 Å². The molecule has 0 saturated heterocycles. The SMILES string of the molecule is CCS(=O)(=O)CCC(CO)C(C)(C)C. The van der Waals surface area contributed by atoms with E-state index in [4.69, 9.17) is 5.11 Å². The van der Waals surface area contributed by atoms with Crippen LogP contribution in [0, 0.1) is 11.3 Å². The molecule has 0 heterocycles. The van der Waals surface area contributed by atoms with Crippen molar-refractivity contribution in [3.63, 3.8) is 0 Å². The predicted molar refractivity (Wildman–Crippen MR) is 59.0 cm³/mol. The minimum atomic E-state index is -2.90. The first kappa shape index (κ1) is 13.9. The van der Waals surface area contributed by atoms with Crippen LogP contribution in [-0.4, -0.2) is 31.6 Å². The van der Waals surface area contributed by atoms with Gasteiger partial charge in [0.25, 0.3) is 0 Å². The van der Waals surface area contributed by atoms with Gasteiger partial charge in [-0.3, -0.25) is 0 Å². The first-order chi connectivity index (χ1) is 6.23. The molecular formula is C10H22O3S. The average Bonchev–Trinajstić information content (AvgIpc) is 2.03. The highest BCUT2D eigenvalue weighted by Crippen LogP contribution is 2.28. The number of aliphatic hydroxyl groups excluding tert-OH is 1. The van der Waals surface area contributed by atoms with Crippen molar-refractivity contribution in [3.8, 4) is 0 Å². The van der Waals surface area contributed by atoms with Crippen molar-refractivity contribution >= 4 is 9.84 Å². The largest absolute Gasteiger partial charge is 0.396 e. The number of sulfone groups is 1. The first-order valence-electron chi connectivity index (χ1n) is 5.04. The standard InChI is InChI=1S/C10H22O3S/c1-5-14(12,13)7-6-9(8-11)10(2,3)4/h9,11H,5-8H2,1-4H3. The lowest BCUT2D eigenvalue weighted by Crippen LogP contribution is -2.26. The van der Waals surface area contributed by atoms with Crippen molar-refractivity contribution < 1.29 is 13.5 Å². The molecule has 1 atom stereocenters. The van der Waals surface area contributed by atoms with Crippen molar-refractivity contribution in [1.29, 1.82) is 0 Å². The number of aliphatic hydroxyl groups is 1. The van der Waals surface area contributed by atoms with Crippen LogP contribution in [-0.2, 0) is 9.84 Å². The summed E-state index contributed by atoms with van der Waals surface area (Å²) in [5.41, 5.74) is -0.0298. The van der Waals surface area contributed by atoms with E-state index in [0.29, 0.717) is 6.42 Å². The first-order valence-corrected chi connectivity index (χ1v) is 6.86. The minimum absolute atomic E-state index is 0.0298. The summed E-state index contributed by atoms with van der Waals surface area (Å²) in [6.45, 7) is 7.77. The Bertz CT molecular complexity index is 249. The second-order valence-electron chi connectivity index (χ2n) is 4.77. The van der Waals surface area contributed by atoms with Crippen LogP contribution in [0.1, 0.15) is 34.1 Å². The quantitative estimate of drug-likeness (QED) is 0.766. The van der Waals surface area contributed by atoms with Gasteiger partial charge in [0.2, 0.25) is 0 Å². The summed E-state index contributed by atoms with van der Waals surface area (Å²) in [6.07, 6.45) is 0.552. The third-order valence-electron chi connectivity index (χ3n) is 2.66. The predicted octanol–water partition coefficient (Wildman–Crippen LogP) is 1.47. The highest BCUT2D eigenvalue weighted by molar-refractivity contribution is 7.91. The maximum Gasteiger partial charge on any atom is 0.150 e. The molecule has 0 bridgehead atoms. The Kier molecular flexibility index (Phi) is 5.09. The topological polar surface area (TPSA) is 54.4 Å². The van der Waals surface area contributed by atoms with Gasteiger partial charge in [0.15, 0.2) is 0 Å². The highest BCUT2D eigenvalue weighted by atomic mass is 32.2. The smallest absolute Gasteiger partial charge is 0.150 e. The normalized spacial score (nSPS) is 15.5. The molecule has 1 N–H and O–H groups in total. The zero-order chi connectivity index (χ0) is 11.4. The zero-order valence-corrected chi connectivity index (χ0v) is 10.4. The van der Waals surface area contributed by atoms with Crippen molar-refractivity contribution in [1.82, 2.24) is 0 Å². The molecule has 0 amide bonds. The van der Waals surface area contributed by atoms with Crippen LogP contribution in [0.2, 0.25) is 0 Å².